The summed E-state index contributed by atoms with van der Waals surface area (Å²) in [5.74, 6) is -1.10. The second-order valence-electron chi connectivity index (χ2n) is 7.63. The highest BCUT2D eigenvalue weighted by molar-refractivity contribution is 6.34. The van der Waals surface area contributed by atoms with Gasteiger partial charge in [-0.25, -0.2) is 9.18 Å². The molecular formula is C23H26ClFN4O4. The minimum atomic E-state index is -0.746. The summed E-state index contributed by atoms with van der Waals surface area (Å²) in [4.78, 5) is 41.8. The first-order valence-electron chi connectivity index (χ1n) is 10.5. The Balaban J connectivity index is 1.74. The van der Waals surface area contributed by atoms with Crippen LogP contribution in [-0.4, -0.2) is 53.0 Å². The number of benzene rings is 1. The maximum absolute atomic E-state index is 13.7. The van der Waals surface area contributed by atoms with Crippen LogP contribution in [0.2, 0.25) is 0 Å². The first kappa shape index (κ1) is 24.3. The number of H-pyrrole nitrogens is 1. The number of aryl methyl sites for hydroxylation is 1. The lowest BCUT2D eigenvalue weighted by atomic mass is 10.0. The molecule has 0 bridgehead atoms. The van der Waals surface area contributed by atoms with Gasteiger partial charge in [0.25, 0.3) is 11.8 Å². The van der Waals surface area contributed by atoms with E-state index in [2.05, 4.69) is 15.6 Å². The van der Waals surface area contributed by atoms with E-state index in [9.17, 15) is 18.8 Å². The molecule has 1 unspecified atom stereocenters. The number of rotatable bonds is 7. The summed E-state index contributed by atoms with van der Waals surface area (Å²) in [7, 11) is 0. The maximum atomic E-state index is 13.7. The summed E-state index contributed by atoms with van der Waals surface area (Å²) < 4.78 is 18.7. The van der Waals surface area contributed by atoms with Crippen molar-refractivity contribution < 1.29 is 23.5 Å². The number of likely N-dealkylation sites (N-methyl/N-ethyl adjacent to an activating group) is 1. The van der Waals surface area contributed by atoms with E-state index in [0.29, 0.717) is 45.9 Å². The van der Waals surface area contributed by atoms with E-state index in [1.54, 1.807) is 33.8 Å². The molecule has 0 saturated carbocycles. The van der Waals surface area contributed by atoms with Crippen LogP contribution in [0.4, 0.5) is 14.9 Å². The molecule has 33 heavy (non-hydrogen) atoms. The number of nitrogens with zero attached hydrogens (tertiary/aromatic N) is 1. The number of nitrogens with one attached hydrogen (secondary N) is 3. The molecule has 1 aromatic carbocycles. The van der Waals surface area contributed by atoms with E-state index >= 15 is 0 Å². The van der Waals surface area contributed by atoms with E-state index in [1.165, 1.54) is 23.1 Å². The van der Waals surface area contributed by atoms with Gasteiger partial charge in [-0.15, -0.1) is 0 Å². The number of alkyl halides is 1. The van der Waals surface area contributed by atoms with Crippen molar-refractivity contribution in [2.45, 2.75) is 33.3 Å². The van der Waals surface area contributed by atoms with Crippen molar-refractivity contribution in [3.63, 3.8) is 0 Å². The molecule has 176 valence electrons. The van der Waals surface area contributed by atoms with Crippen molar-refractivity contribution in [2.75, 3.05) is 25.0 Å². The summed E-state index contributed by atoms with van der Waals surface area (Å²) in [6.45, 7) is 7.74. The number of fused-ring (bicyclic) bond motifs is 1. The van der Waals surface area contributed by atoms with Crippen LogP contribution in [0, 0.1) is 19.7 Å². The van der Waals surface area contributed by atoms with Gasteiger partial charge in [0.2, 0.25) is 0 Å². The number of anilines is 1. The Morgan fingerprint density at radius 1 is 1.33 bits per heavy atom. The predicted octanol–water partition coefficient (Wildman–Crippen LogP) is 4.04. The molecule has 0 fully saturated rings. The minimum Gasteiger partial charge on any atom is -0.430 e. The van der Waals surface area contributed by atoms with Crippen LogP contribution >= 0.6 is 11.6 Å². The normalized spacial score (nSPS) is 14.6. The fourth-order valence-electron chi connectivity index (χ4n) is 3.69. The average Bonchev–Trinajstić information content (AvgIpc) is 3.19. The van der Waals surface area contributed by atoms with Crippen LogP contribution in [0.3, 0.4) is 0 Å². The number of amides is 3. The van der Waals surface area contributed by atoms with E-state index in [-0.39, 0.29) is 24.9 Å². The van der Waals surface area contributed by atoms with Gasteiger partial charge >= 0.3 is 6.09 Å². The van der Waals surface area contributed by atoms with Gasteiger partial charge in [-0.05, 0) is 57.5 Å². The Labute approximate surface area is 196 Å². The van der Waals surface area contributed by atoms with Crippen LogP contribution in [0.25, 0.3) is 11.6 Å². The lowest BCUT2D eigenvalue weighted by Crippen LogP contribution is -2.39. The van der Waals surface area contributed by atoms with Crippen LogP contribution in [0.15, 0.2) is 18.2 Å². The minimum absolute atomic E-state index is 0.216. The molecule has 1 atom stereocenters. The number of ether oxygens (including phenoxy) is 1. The third-order valence-corrected chi connectivity index (χ3v) is 5.42. The molecule has 3 N–H and O–H groups in total. The number of carbonyl (C=O) groups excluding carboxylic acids is 3. The number of halogens is 2. The standard InChI is InChI=1S/C23H26ClFN4O4/c1-5-29(23(32)33-14(4)24)9-8-26-22(31)20-12(2)19(27-13(20)3)11-17-16-10-15(25)6-7-18(16)28-21(17)30/h6-7,10-11,14,27H,5,8-9H2,1-4H3,(H,26,31)(H,28,30)/b17-11-. The highest BCUT2D eigenvalue weighted by Gasteiger charge is 2.26. The van der Waals surface area contributed by atoms with E-state index in [1.807, 2.05) is 0 Å². The van der Waals surface area contributed by atoms with Crippen molar-refractivity contribution in [2.24, 2.45) is 0 Å². The molecule has 2 aromatic rings. The zero-order valence-electron chi connectivity index (χ0n) is 18.8. The highest BCUT2D eigenvalue weighted by atomic mass is 35.5. The molecule has 1 aliphatic heterocycles. The zero-order chi connectivity index (χ0) is 24.3. The third kappa shape index (κ3) is 5.36. The van der Waals surface area contributed by atoms with Crippen molar-refractivity contribution in [1.82, 2.24) is 15.2 Å². The van der Waals surface area contributed by atoms with Gasteiger partial charge in [0, 0.05) is 42.3 Å². The van der Waals surface area contributed by atoms with E-state index < -0.39 is 17.5 Å². The Hall–Kier alpha value is -3.33. The molecule has 0 spiro atoms. The first-order chi connectivity index (χ1) is 15.6. The van der Waals surface area contributed by atoms with Gasteiger partial charge in [-0.2, -0.15) is 0 Å². The van der Waals surface area contributed by atoms with Crippen LogP contribution < -0.4 is 10.6 Å². The molecule has 1 aliphatic rings. The van der Waals surface area contributed by atoms with Gasteiger partial charge in [0.05, 0.1) is 11.1 Å². The lowest BCUT2D eigenvalue weighted by Gasteiger charge is -2.21. The topological polar surface area (TPSA) is 104 Å². The molecule has 8 nitrogen and oxygen atoms in total. The van der Waals surface area contributed by atoms with E-state index in [4.69, 9.17) is 16.3 Å². The van der Waals surface area contributed by atoms with E-state index in [0.717, 1.165) is 0 Å². The number of hydrogen-bond donors (Lipinski definition) is 3. The Kier molecular flexibility index (Phi) is 7.43. The van der Waals surface area contributed by atoms with Crippen LogP contribution in [0.1, 0.15) is 46.7 Å². The van der Waals surface area contributed by atoms with Gasteiger partial charge in [0.15, 0.2) is 5.56 Å². The molecule has 0 saturated heterocycles. The van der Waals surface area contributed by atoms with Gasteiger partial charge in [-0.3, -0.25) is 9.59 Å². The molecule has 1 aromatic heterocycles. The van der Waals surface area contributed by atoms with Crippen molar-refractivity contribution in [3.05, 3.63) is 52.1 Å². The van der Waals surface area contributed by atoms with Gasteiger partial charge in [-0.1, -0.05) is 11.6 Å². The second kappa shape index (κ2) is 10.1. The molecular weight excluding hydrogens is 451 g/mol. The fraction of sp³-hybridized carbons (Fsp3) is 0.348. The monoisotopic (exact) mass is 476 g/mol. The zero-order valence-corrected chi connectivity index (χ0v) is 19.6. The summed E-state index contributed by atoms with van der Waals surface area (Å²) >= 11 is 5.69. The van der Waals surface area contributed by atoms with Gasteiger partial charge < -0.3 is 25.3 Å². The fourth-order valence-corrected chi connectivity index (χ4v) is 3.77. The molecule has 10 heteroatoms. The van der Waals surface area contributed by atoms with Crippen LogP contribution in [0.5, 0.6) is 0 Å². The summed E-state index contributed by atoms with van der Waals surface area (Å²) in [5, 5.41) is 5.51. The van der Waals surface area contributed by atoms with Crippen LogP contribution in [-0.2, 0) is 9.53 Å². The van der Waals surface area contributed by atoms with Crippen molar-refractivity contribution in [1.29, 1.82) is 0 Å². The molecule has 3 rings (SSSR count). The average molecular weight is 477 g/mol. The molecule has 2 heterocycles. The quantitative estimate of drug-likeness (QED) is 0.414. The third-order valence-electron chi connectivity index (χ3n) is 5.33. The number of aromatic nitrogens is 1. The number of aromatic amines is 1. The largest absolute Gasteiger partial charge is 0.430 e. The highest BCUT2D eigenvalue weighted by Crippen LogP contribution is 2.34. The Morgan fingerprint density at radius 2 is 2.06 bits per heavy atom. The number of carbonyl (C=O) groups is 3. The summed E-state index contributed by atoms with van der Waals surface area (Å²) in [5.41, 5.74) is 2.87. The summed E-state index contributed by atoms with van der Waals surface area (Å²) in [6, 6.07) is 4.09. The Bertz CT molecular complexity index is 1130. The maximum Gasteiger partial charge on any atom is 0.411 e. The first-order valence-corrected chi connectivity index (χ1v) is 11.0. The van der Waals surface area contributed by atoms with Crippen molar-refractivity contribution in [3.8, 4) is 0 Å². The lowest BCUT2D eigenvalue weighted by molar-refractivity contribution is -0.110. The molecule has 3 amide bonds. The molecule has 0 radical (unpaired) electrons. The second-order valence-corrected chi connectivity index (χ2v) is 8.24. The number of hydrogen-bond acceptors (Lipinski definition) is 4. The predicted molar refractivity (Wildman–Crippen MR) is 125 cm³/mol. The SMILES string of the molecule is CCN(CCNC(=O)c1c(C)[nH]c(/C=C2\C(=O)Nc3ccc(F)cc32)c1C)C(=O)OC(C)Cl. The Morgan fingerprint density at radius 3 is 2.73 bits per heavy atom. The van der Waals surface area contributed by atoms with Gasteiger partial charge in [0.1, 0.15) is 5.82 Å². The molecule has 0 aliphatic carbocycles. The van der Waals surface area contributed by atoms with Crippen molar-refractivity contribution >= 4 is 46.8 Å². The summed E-state index contributed by atoms with van der Waals surface area (Å²) in [6.07, 6.45) is 1.06. The smallest absolute Gasteiger partial charge is 0.411 e.